The third-order valence-electron chi connectivity index (χ3n) is 2.44. The second kappa shape index (κ2) is 5.90. The summed E-state index contributed by atoms with van der Waals surface area (Å²) >= 11 is 17.4. The van der Waals surface area contributed by atoms with Crippen molar-refractivity contribution in [1.29, 1.82) is 0 Å². The molecule has 90 valence electrons. The Bertz CT molecular complexity index is 553. The zero-order chi connectivity index (χ0) is 12.6. The van der Waals surface area contributed by atoms with Gasteiger partial charge < -0.3 is 0 Å². The lowest BCUT2D eigenvalue weighted by molar-refractivity contribution is 1.17. The molecule has 0 aliphatic carbocycles. The molecule has 17 heavy (non-hydrogen) atoms. The first-order chi connectivity index (χ1) is 7.99. The summed E-state index contributed by atoms with van der Waals surface area (Å²) in [6.45, 7) is 2.13. The molecule has 1 aromatic heterocycles. The van der Waals surface area contributed by atoms with Gasteiger partial charge in [0.05, 0.1) is 13.6 Å². The van der Waals surface area contributed by atoms with Gasteiger partial charge in [-0.25, -0.2) is 0 Å². The Hall–Kier alpha value is 0.900. The van der Waals surface area contributed by atoms with Crippen LogP contribution in [0, 0.1) is 10.5 Å². The Balaban J connectivity index is 2.40. The number of halogens is 4. The number of benzene rings is 1. The van der Waals surface area contributed by atoms with Crippen LogP contribution in [0.2, 0.25) is 5.02 Å². The Morgan fingerprint density at radius 2 is 2.06 bits per heavy atom. The summed E-state index contributed by atoms with van der Waals surface area (Å²) < 4.78 is 2.24. The van der Waals surface area contributed by atoms with E-state index in [1.165, 1.54) is 16.0 Å². The fourth-order valence-electron chi connectivity index (χ4n) is 1.56. The first-order valence-corrected chi connectivity index (χ1v) is 8.82. The number of hydrogen-bond donors (Lipinski definition) is 0. The van der Waals surface area contributed by atoms with Crippen LogP contribution >= 0.6 is 77.4 Å². The second-order valence-corrected chi connectivity index (χ2v) is 8.72. The monoisotopic (exact) mass is 504 g/mol. The Labute approximate surface area is 140 Å². The molecule has 1 heterocycles. The van der Waals surface area contributed by atoms with Crippen molar-refractivity contribution in [3.63, 3.8) is 0 Å². The molecule has 1 unspecified atom stereocenters. The molecule has 0 nitrogen and oxygen atoms in total. The molecule has 0 radical (unpaired) electrons. The predicted molar refractivity (Wildman–Crippen MR) is 91.7 cm³/mol. The number of rotatable bonds is 2. The molecule has 2 aromatic rings. The number of thiophene rings is 1. The van der Waals surface area contributed by atoms with Crippen molar-refractivity contribution in [3.05, 3.63) is 52.6 Å². The molecule has 0 amide bonds. The van der Waals surface area contributed by atoms with Crippen molar-refractivity contribution in [2.24, 2.45) is 0 Å². The Morgan fingerprint density at radius 3 is 2.59 bits per heavy atom. The molecule has 0 fully saturated rings. The average Bonchev–Trinajstić information content (AvgIpc) is 2.61. The van der Waals surface area contributed by atoms with Crippen molar-refractivity contribution < 1.29 is 0 Å². The highest BCUT2D eigenvalue weighted by molar-refractivity contribution is 14.1. The molecule has 0 bridgehead atoms. The van der Waals surface area contributed by atoms with Gasteiger partial charge in [-0.05, 0) is 74.8 Å². The zero-order valence-electron chi connectivity index (χ0n) is 8.81. The van der Waals surface area contributed by atoms with E-state index in [0.29, 0.717) is 0 Å². The minimum atomic E-state index is 0.194. The van der Waals surface area contributed by atoms with Gasteiger partial charge in [-0.2, -0.15) is 0 Å². The van der Waals surface area contributed by atoms with E-state index in [4.69, 9.17) is 11.6 Å². The molecular weight excluding hydrogens is 498 g/mol. The van der Waals surface area contributed by atoms with Crippen LogP contribution in [0.5, 0.6) is 0 Å². The molecule has 0 aliphatic heterocycles. The first kappa shape index (κ1) is 14.3. The average molecular weight is 506 g/mol. The quantitative estimate of drug-likeness (QED) is 0.320. The Morgan fingerprint density at radius 1 is 1.35 bits per heavy atom. The van der Waals surface area contributed by atoms with Gasteiger partial charge in [-0.1, -0.05) is 33.6 Å². The molecule has 0 N–H and O–H groups in total. The highest BCUT2D eigenvalue weighted by Gasteiger charge is 2.16. The summed E-state index contributed by atoms with van der Waals surface area (Å²) in [5, 5.41) is 0.805. The molecule has 0 spiro atoms. The van der Waals surface area contributed by atoms with Crippen molar-refractivity contribution >= 4 is 77.4 Å². The zero-order valence-corrected chi connectivity index (χ0v) is 15.7. The normalized spacial score (nSPS) is 12.8. The van der Waals surface area contributed by atoms with Crippen molar-refractivity contribution in [2.75, 3.05) is 0 Å². The van der Waals surface area contributed by atoms with E-state index >= 15 is 0 Å². The van der Waals surface area contributed by atoms with Crippen molar-refractivity contribution in [2.45, 2.75) is 11.8 Å². The summed E-state index contributed by atoms with van der Waals surface area (Å²) in [6.07, 6.45) is 0. The third-order valence-corrected chi connectivity index (χ3v) is 6.60. The van der Waals surface area contributed by atoms with Crippen molar-refractivity contribution in [3.8, 4) is 0 Å². The third kappa shape index (κ3) is 3.26. The van der Waals surface area contributed by atoms with Gasteiger partial charge >= 0.3 is 0 Å². The van der Waals surface area contributed by atoms with Gasteiger partial charge in [-0.15, -0.1) is 11.3 Å². The molecule has 1 atom stereocenters. The second-order valence-electron chi connectivity index (χ2n) is 3.60. The topological polar surface area (TPSA) is 0 Å². The van der Waals surface area contributed by atoms with Crippen LogP contribution in [0.15, 0.2) is 28.1 Å². The van der Waals surface area contributed by atoms with Crippen LogP contribution in [0.1, 0.15) is 20.8 Å². The highest BCUT2D eigenvalue weighted by Crippen LogP contribution is 2.39. The predicted octanol–water partition coefficient (Wildman–Crippen LogP) is 6.56. The summed E-state index contributed by atoms with van der Waals surface area (Å²) in [5.74, 6) is 0. The van der Waals surface area contributed by atoms with Gasteiger partial charge in [-0.3, -0.25) is 0 Å². The van der Waals surface area contributed by atoms with Crippen LogP contribution < -0.4 is 0 Å². The highest BCUT2D eigenvalue weighted by atomic mass is 127. The molecule has 0 saturated heterocycles. The largest absolute Gasteiger partial charge is 0.133 e. The van der Waals surface area contributed by atoms with Crippen LogP contribution in [0.3, 0.4) is 0 Å². The maximum absolute atomic E-state index is 6.16. The summed E-state index contributed by atoms with van der Waals surface area (Å²) in [7, 11) is 0. The van der Waals surface area contributed by atoms with Crippen LogP contribution in [-0.2, 0) is 0 Å². The van der Waals surface area contributed by atoms with E-state index in [1.807, 2.05) is 12.1 Å². The Kier molecular flexibility index (Phi) is 4.97. The van der Waals surface area contributed by atoms with Crippen LogP contribution in [0.25, 0.3) is 0 Å². The fourth-order valence-corrected chi connectivity index (χ4v) is 4.74. The van der Waals surface area contributed by atoms with E-state index in [9.17, 15) is 0 Å². The SMILES string of the molecule is Cc1sc(Br)cc1C(Br)c1ccc(I)c(Cl)c1. The number of hydrogen-bond acceptors (Lipinski definition) is 1. The van der Waals surface area contributed by atoms with E-state index in [1.54, 1.807) is 11.3 Å². The molecule has 2 rings (SSSR count). The van der Waals surface area contributed by atoms with Gasteiger partial charge in [0.25, 0.3) is 0 Å². The van der Waals surface area contributed by atoms with Gasteiger partial charge in [0.15, 0.2) is 0 Å². The van der Waals surface area contributed by atoms with E-state index in [2.05, 4.69) is 73.5 Å². The number of aryl methyl sites for hydroxylation is 1. The van der Waals surface area contributed by atoms with Gasteiger partial charge in [0, 0.05) is 8.45 Å². The molecule has 1 aromatic carbocycles. The smallest absolute Gasteiger partial charge is 0.0704 e. The molecule has 0 aliphatic rings. The molecule has 0 saturated carbocycles. The van der Waals surface area contributed by atoms with Crippen molar-refractivity contribution in [1.82, 2.24) is 0 Å². The minimum Gasteiger partial charge on any atom is -0.133 e. The van der Waals surface area contributed by atoms with Crippen LogP contribution in [0.4, 0.5) is 0 Å². The first-order valence-electron chi connectivity index (χ1n) is 4.84. The van der Waals surface area contributed by atoms with E-state index < -0.39 is 0 Å². The minimum absolute atomic E-state index is 0.194. The van der Waals surface area contributed by atoms with E-state index in [-0.39, 0.29) is 4.83 Å². The van der Waals surface area contributed by atoms with Crippen LogP contribution in [-0.4, -0.2) is 0 Å². The lowest BCUT2D eigenvalue weighted by Crippen LogP contribution is -1.93. The van der Waals surface area contributed by atoms with Gasteiger partial charge in [0.2, 0.25) is 0 Å². The van der Waals surface area contributed by atoms with Gasteiger partial charge in [0.1, 0.15) is 0 Å². The summed E-state index contributed by atoms with van der Waals surface area (Å²) in [5.41, 5.74) is 2.47. The number of alkyl halides is 1. The van der Waals surface area contributed by atoms with E-state index in [0.717, 1.165) is 12.4 Å². The maximum Gasteiger partial charge on any atom is 0.0704 e. The lowest BCUT2D eigenvalue weighted by atomic mass is 10.1. The maximum atomic E-state index is 6.16. The fraction of sp³-hybridized carbons (Fsp3) is 0.167. The molecule has 5 heteroatoms. The summed E-state index contributed by atoms with van der Waals surface area (Å²) in [4.78, 5) is 1.51. The molecular formula is C12H8Br2ClIS. The lowest BCUT2D eigenvalue weighted by Gasteiger charge is -2.11. The standard InChI is InChI=1S/C12H8Br2ClIS/c1-6-8(5-11(13)17-6)12(14)7-2-3-10(16)9(15)4-7/h2-5,12H,1H3. The summed E-state index contributed by atoms with van der Waals surface area (Å²) in [6, 6.07) is 8.33.